The van der Waals surface area contributed by atoms with E-state index >= 15 is 0 Å². The third-order valence-electron chi connectivity index (χ3n) is 3.66. The van der Waals surface area contributed by atoms with E-state index in [1.165, 1.54) is 0 Å². The maximum atomic E-state index is 12.1. The summed E-state index contributed by atoms with van der Waals surface area (Å²) >= 11 is 0. The number of carbonyl (C=O) groups is 1. The van der Waals surface area contributed by atoms with Gasteiger partial charge in [-0.2, -0.15) is 0 Å². The molecule has 0 unspecified atom stereocenters. The molecule has 1 rings (SSSR count). The molecule has 0 aromatic heterocycles. The standard InChI is InChI=1S/C15H31N3O2/c1-5-7-17(8-6-2)13-14(3)20-15(19)18-11-9-16(4)10-12-18/h14H,5-13H2,1-4H3/t14-/m0/s1. The number of ether oxygens (including phenoxy) is 1. The Morgan fingerprint density at radius 3 is 2.20 bits per heavy atom. The fraction of sp³-hybridized carbons (Fsp3) is 0.933. The van der Waals surface area contributed by atoms with Gasteiger partial charge in [0.2, 0.25) is 0 Å². The average molecular weight is 285 g/mol. The van der Waals surface area contributed by atoms with Gasteiger partial charge in [0.25, 0.3) is 0 Å². The van der Waals surface area contributed by atoms with E-state index in [9.17, 15) is 4.79 Å². The van der Waals surface area contributed by atoms with Crippen LogP contribution in [0.15, 0.2) is 0 Å². The van der Waals surface area contributed by atoms with Crippen LogP contribution in [0.2, 0.25) is 0 Å². The first-order valence-corrected chi connectivity index (χ1v) is 7.93. The molecule has 1 amide bonds. The Bertz CT molecular complexity index is 272. The molecule has 1 aliphatic rings. The Kier molecular flexibility index (Phi) is 7.92. The van der Waals surface area contributed by atoms with E-state index in [-0.39, 0.29) is 12.2 Å². The van der Waals surface area contributed by atoms with Crippen molar-refractivity contribution in [3.8, 4) is 0 Å². The van der Waals surface area contributed by atoms with Gasteiger partial charge in [-0.15, -0.1) is 0 Å². The number of piperazine rings is 1. The van der Waals surface area contributed by atoms with Gasteiger partial charge in [-0.05, 0) is 39.9 Å². The van der Waals surface area contributed by atoms with Crippen LogP contribution in [-0.2, 0) is 4.74 Å². The van der Waals surface area contributed by atoms with Crippen LogP contribution in [0.3, 0.4) is 0 Å². The molecule has 1 fully saturated rings. The number of amides is 1. The molecule has 118 valence electrons. The van der Waals surface area contributed by atoms with Gasteiger partial charge in [-0.25, -0.2) is 4.79 Å². The van der Waals surface area contributed by atoms with Crippen molar-refractivity contribution in [3.63, 3.8) is 0 Å². The van der Waals surface area contributed by atoms with E-state index in [2.05, 4.69) is 30.7 Å². The minimum atomic E-state index is -0.154. The highest BCUT2D eigenvalue weighted by atomic mass is 16.6. The molecule has 0 aromatic rings. The summed E-state index contributed by atoms with van der Waals surface area (Å²) in [7, 11) is 2.08. The Hall–Kier alpha value is -0.810. The van der Waals surface area contributed by atoms with Crippen molar-refractivity contribution in [3.05, 3.63) is 0 Å². The lowest BCUT2D eigenvalue weighted by atomic mass is 10.3. The first-order chi connectivity index (χ1) is 9.56. The molecule has 0 aromatic carbocycles. The molecule has 5 heteroatoms. The number of rotatable bonds is 7. The SMILES string of the molecule is CCCN(CCC)C[C@H](C)OC(=O)N1CCN(C)CC1. The van der Waals surface area contributed by atoms with Gasteiger partial charge < -0.3 is 14.5 Å². The molecule has 0 radical (unpaired) electrons. The molecule has 1 saturated heterocycles. The Morgan fingerprint density at radius 1 is 1.15 bits per heavy atom. The van der Waals surface area contributed by atoms with Crippen molar-refractivity contribution in [2.24, 2.45) is 0 Å². The minimum absolute atomic E-state index is 0.0414. The third kappa shape index (κ3) is 6.09. The zero-order chi connectivity index (χ0) is 15.0. The summed E-state index contributed by atoms with van der Waals surface area (Å²) < 4.78 is 5.58. The second-order valence-corrected chi connectivity index (χ2v) is 5.79. The molecule has 0 spiro atoms. The van der Waals surface area contributed by atoms with E-state index in [1.54, 1.807) is 0 Å². The Labute approximate surface area is 123 Å². The van der Waals surface area contributed by atoms with Gasteiger partial charge in [0.1, 0.15) is 6.10 Å². The van der Waals surface area contributed by atoms with Crippen LogP contribution in [0.25, 0.3) is 0 Å². The normalized spacial score (nSPS) is 18.4. The predicted octanol–water partition coefficient (Wildman–Crippen LogP) is 1.88. The lowest BCUT2D eigenvalue weighted by Crippen LogP contribution is -2.48. The van der Waals surface area contributed by atoms with Crippen molar-refractivity contribution >= 4 is 6.09 Å². The van der Waals surface area contributed by atoms with E-state index in [0.717, 1.165) is 58.7 Å². The van der Waals surface area contributed by atoms with Crippen LogP contribution >= 0.6 is 0 Å². The first kappa shape index (κ1) is 17.2. The Balaban J connectivity index is 2.32. The van der Waals surface area contributed by atoms with Crippen LogP contribution in [0.1, 0.15) is 33.6 Å². The second-order valence-electron chi connectivity index (χ2n) is 5.79. The summed E-state index contributed by atoms with van der Waals surface area (Å²) in [4.78, 5) is 18.5. The van der Waals surface area contributed by atoms with Crippen molar-refractivity contribution in [2.45, 2.75) is 39.7 Å². The molecule has 5 nitrogen and oxygen atoms in total. The highest BCUT2D eigenvalue weighted by molar-refractivity contribution is 5.67. The van der Waals surface area contributed by atoms with Crippen molar-refractivity contribution in [1.82, 2.24) is 14.7 Å². The number of likely N-dealkylation sites (N-methyl/N-ethyl adjacent to an activating group) is 1. The van der Waals surface area contributed by atoms with Crippen LogP contribution in [0.5, 0.6) is 0 Å². The van der Waals surface area contributed by atoms with Crippen molar-refractivity contribution in [2.75, 3.05) is 52.9 Å². The molecular formula is C15H31N3O2. The van der Waals surface area contributed by atoms with Gasteiger partial charge in [-0.3, -0.25) is 4.90 Å². The number of hydrogen-bond acceptors (Lipinski definition) is 4. The fourth-order valence-electron chi connectivity index (χ4n) is 2.56. The molecule has 0 saturated carbocycles. The molecule has 0 bridgehead atoms. The van der Waals surface area contributed by atoms with E-state index < -0.39 is 0 Å². The summed E-state index contributed by atoms with van der Waals surface area (Å²) in [6, 6.07) is 0. The molecule has 0 N–H and O–H groups in total. The van der Waals surface area contributed by atoms with E-state index in [4.69, 9.17) is 4.74 Å². The van der Waals surface area contributed by atoms with Crippen LogP contribution in [0.4, 0.5) is 4.79 Å². The largest absolute Gasteiger partial charge is 0.445 e. The third-order valence-corrected chi connectivity index (χ3v) is 3.66. The highest BCUT2D eigenvalue weighted by Gasteiger charge is 2.22. The molecule has 1 atom stereocenters. The smallest absolute Gasteiger partial charge is 0.410 e. The molecule has 20 heavy (non-hydrogen) atoms. The van der Waals surface area contributed by atoms with Crippen molar-refractivity contribution < 1.29 is 9.53 Å². The van der Waals surface area contributed by atoms with Gasteiger partial charge in [-0.1, -0.05) is 13.8 Å². The number of hydrogen-bond donors (Lipinski definition) is 0. The summed E-state index contributed by atoms with van der Waals surface area (Å²) in [6.07, 6.45) is 2.08. The zero-order valence-corrected chi connectivity index (χ0v) is 13.6. The topological polar surface area (TPSA) is 36.0 Å². The van der Waals surface area contributed by atoms with Crippen molar-refractivity contribution in [1.29, 1.82) is 0 Å². The quantitative estimate of drug-likeness (QED) is 0.715. The summed E-state index contributed by atoms with van der Waals surface area (Å²) in [5.41, 5.74) is 0. The first-order valence-electron chi connectivity index (χ1n) is 7.93. The lowest BCUT2D eigenvalue weighted by molar-refractivity contribution is 0.0406. The van der Waals surface area contributed by atoms with E-state index in [1.807, 2.05) is 11.8 Å². The van der Waals surface area contributed by atoms with Gasteiger partial charge >= 0.3 is 6.09 Å². The molecule has 1 heterocycles. The Morgan fingerprint density at radius 2 is 1.70 bits per heavy atom. The monoisotopic (exact) mass is 285 g/mol. The number of nitrogens with zero attached hydrogens (tertiary/aromatic N) is 3. The average Bonchev–Trinajstić information content (AvgIpc) is 2.39. The maximum absolute atomic E-state index is 12.1. The fourth-order valence-corrected chi connectivity index (χ4v) is 2.56. The second kappa shape index (κ2) is 9.19. The maximum Gasteiger partial charge on any atom is 0.410 e. The highest BCUT2D eigenvalue weighted by Crippen LogP contribution is 2.06. The zero-order valence-electron chi connectivity index (χ0n) is 13.6. The van der Waals surface area contributed by atoms with Gasteiger partial charge in [0, 0.05) is 32.7 Å². The van der Waals surface area contributed by atoms with Crippen LogP contribution in [0, 0.1) is 0 Å². The van der Waals surface area contributed by atoms with Gasteiger partial charge in [0.15, 0.2) is 0 Å². The predicted molar refractivity (Wildman–Crippen MR) is 82.0 cm³/mol. The van der Waals surface area contributed by atoms with E-state index in [0.29, 0.717) is 0 Å². The molecular weight excluding hydrogens is 254 g/mol. The lowest BCUT2D eigenvalue weighted by Gasteiger charge is -2.33. The number of carbonyl (C=O) groups excluding carboxylic acids is 1. The van der Waals surface area contributed by atoms with Gasteiger partial charge in [0.05, 0.1) is 0 Å². The summed E-state index contributed by atoms with van der Waals surface area (Å²) in [6.45, 7) is 12.8. The molecule has 1 aliphatic heterocycles. The van der Waals surface area contributed by atoms with Crippen LogP contribution < -0.4 is 0 Å². The summed E-state index contributed by atoms with van der Waals surface area (Å²) in [5.74, 6) is 0. The minimum Gasteiger partial charge on any atom is -0.445 e. The summed E-state index contributed by atoms with van der Waals surface area (Å²) in [5, 5.41) is 0. The molecule has 0 aliphatic carbocycles. The van der Waals surface area contributed by atoms with Crippen LogP contribution in [-0.4, -0.2) is 79.8 Å².